The van der Waals surface area contributed by atoms with Crippen molar-refractivity contribution in [3.05, 3.63) is 0 Å². The van der Waals surface area contributed by atoms with Crippen LogP contribution in [0.4, 0.5) is 0 Å². The van der Waals surface area contributed by atoms with Gasteiger partial charge in [-0.25, -0.2) is 0 Å². The van der Waals surface area contributed by atoms with E-state index in [1.165, 1.54) is 38.8 Å². The first-order valence-corrected chi connectivity index (χ1v) is 6.94. The van der Waals surface area contributed by atoms with Crippen LogP contribution in [-0.4, -0.2) is 29.6 Å². The first-order valence-electron chi connectivity index (χ1n) is 6.94. The third-order valence-corrected chi connectivity index (χ3v) is 3.98. The minimum absolute atomic E-state index is 0.436. The van der Waals surface area contributed by atoms with Crippen LogP contribution in [0.2, 0.25) is 0 Å². The Labute approximate surface area is 105 Å². The summed E-state index contributed by atoms with van der Waals surface area (Å²) < 4.78 is 0. The molecule has 2 aliphatic carbocycles. The van der Waals surface area contributed by atoms with E-state index in [2.05, 4.69) is 17.9 Å². The van der Waals surface area contributed by atoms with E-state index in [1.54, 1.807) is 0 Å². The van der Waals surface area contributed by atoms with E-state index in [-0.39, 0.29) is 0 Å². The van der Waals surface area contributed by atoms with Gasteiger partial charge in [-0.3, -0.25) is 0 Å². The molecule has 2 rings (SSSR count). The number of rotatable bonds is 7. The zero-order valence-electron chi connectivity index (χ0n) is 11.2. The Kier molecular flexibility index (Phi) is 3.75. The summed E-state index contributed by atoms with van der Waals surface area (Å²) in [6.07, 6.45) is 6.36. The molecule has 0 aromatic heterocycles. The molecule has 3 heteroatoms. The van der Waals surface area contributed by atoms with Crippen molar-refractivity contribution in [2.45, 2.75) is 57.5 Å². The van der Waals surface area contributed by atoms with E-state index in [9.17, 15) is 0 Å². The van der Waals surface area contributed by atoms with Gasteiger partial charge in [-0.1, -0.05) is 0 Å². The van der Waals surface area contributed by atoms with E-state index >= 15 is 0 Å². The summed E-state index contributed by atoms with van der Waals surface area (Å²) in [4.78, 5) is 2.58. The molecule has 0 heterocycles. The Bertz CT molecular complexity index is 283. The lowest BCUT2D eigenvalue weighted by molar-refractivity contribution is 0.170. The van der Waals surface area contributed by atoms with Gasteiger partial charge in [0.2, 0.25) is 0 Å². The summed E-state index contributed by atoms with van der Waals surface area (Å²) in [5, 5.41) is 9.02. The van der Waals surface area contributed by atoms with Gasteiger partial charge in [-0.2, -0.15) is 5.26 Å². The van der Waals surface area contributed by atoms with Crippen molar-refractivity contribution >= 4 is 0 Å². The van der Waals surface area contributed by atoms with Gasteiger partial charge in [0.25, 0.3) is 0 Å². The average molecular weight is 235 g/mol. The molecular weight excluding hydrogens is 210 g/mol. The predicted molar refractivity (Wildman–Crippen MR) is 69.3 cm³/mol. The topological polar surface area (TPSA) is 53.1 Å². The SMILES string of the molecule is CC(CC(C)(N)C#N)N(CC1CC1)CC1CC1. The number of hydrogen-bond donors (Lipinski definition) is 1. The number of hydrogen-bond acceptors (Lipinski definition) is 3. The van der Waals surface area contributed by atoms with Crippen LogP contribution in [0.3, 0.4) is 0 Å². The van der Waals surface area contributed by atoms with Crippen LogP contribution in [0.1, 0.15) is 46.0 Å². The van der Waals surface area contributed by atoms with Crippen molar-refractivity contribution in [2.24, 2.45) is 17.6 Å². The maximum absolute atomic E-state index is 9.02. The zero-order valence-corrected chi connectivity index (χ0v) is 11.2. The van der Waals surface area contributed by atoms with Gasteiger partial charge in [-0.05, 0) is 57.8 Å². The van der Waals surface area contributed by atoms with Gasteiger partial charge in [0.15, 0.2) is 0 Å². The van der Waals surface area contributed by atoms with Crippen LogP contribution < -0.4 is 5.73 Å². The standard InChI is InChI=1S/C14H25N3/c1-11(7-14(2,16)10-15)17(8-12-3-4-12)9-13-5-6-13/h11-13H,3-9,16H2,1-2H3. The van der Waals surface area contributed by atoms with E-state index in [1.807, 2.05) is 6.92 Å². The highest BCUT2D eigenvalue weighted by Gasteiger charge is 2.33. The normalized spacial score (nSPS) is 25.4. The van der Waals surface area contributed by atoms with Crippen molar-refractivity contribution in [1.82, 2.24) is 4.90 Å². The maximum atomic E-state index is 9.02. The Morgan fingerprint density at radius 2 is 1.76 bits per heavy atom. The second-order valence-corrected chi connectivity index (χ2v) is 6.42. The highest BCUT2D eigenvalue weighted by Crippen LogP contribution is 2.35. The van der Waals surface area contributed by atoms with Gasteiger partial charge in [0.1, 0.15) is 5.54 Å². The fourth-order valence-corrected chi connectivity index (χ4v) is 2.49. The van der Waals surface area contributed by atoms with Gasteiger partial charge < -0.3 is 10.6 Å². The van der Waals surface area contributed by atoms with Crippen LogP contribution in [0.15, 0.2) is 0 Å². The minimum atomic E-state index is -0.676. The van der Waals surface area contributed by atoms with E-state index < -0.39 is 5.54 Å². The molecule has 0 aromatic carbocycles. The molecule has 2 unspecified atom stereocenters. The summed E-state index contributed by atoms with van der Waals surface area (Å²) in [7, 11) is 0. The molecule has 0 saturated heterocycles. The number of nitrogens with two attached hydrogens (primary N) is 1. The number of nitrogens with zero attached hydrogens (tertiary/aromatic N) is 2. The van der Waals surface area contributed by atoms with E-state index in [0.29, 0.717) is 6.04 Å². The van der Waals surface area contributed by atoms with Crippen molar-refractivity contribution in [1.29, 1.82) is 5.26 Å². The Hall–Kier alpha value is -0.590. The quantitative estimate of drug-likeness (QED) is 0.735. The molecule has 0 aliphatic heterocycles. The second-order valence-electron chi connectivity index (χ2n) is 6.42. The van der Waals surface area contributed by atoms with Gasteiger partial charge >= 0.3 is 0 Å². The minimum Gasteiger partial charge on any atom is -0.314 e. The lowest BCUT2D eigenvalue weighted by Crippen LogP contribution is -2.45. The Balaban J connectivity index is 1.86. The fourth-order valence-electron chi connectivity index (χ4n) is 2.49. The van der Waals surface area contributed by atoms with E-state index in [0.717, 1.165) is 18.3 Å². The highest BCUT2D eigenvalue weighted by molar-refractivity contribution is 5.03. The van der Waals surface area contributed by atoms with Crippen LogP contribution in [0.25, 0.3) is 0 Å². The molecule has 2 aliphatic rings. The number of nitriles is 1. The summed E-state index contributed by atoms with van der Waals surface area (Å²) in [6, 6.07) is 2.65. The largest absolute Gasteiger partial charge is 0.314 e. The molecule has 17 heavy (non-hydrogen) atoms. The Morgan fingerprint density at radius 3 is 2.12 bits per heavy atom. The molecule has 96 valence electrons. The van der Waals surface area contributed by atoms with Crippen LogP contribution in [-0.2, 0) is 0 Å². The lowest BCUT2D eigenvalue weighted by atomic mass is 9.95. The predicted octanol–water partition coefficient (Wildman–Crippen LogP) is 2.13. The van der Waals surface area contributed by atoms with Crippen LogP contribution in [0, 0.1) is 23.2 Å². The molecule has 3 nitrogen and oxygen atoms in total. The van der Waals surface area contributed by atoms with Crippen LogP contribution in [0.5, 0.6) is 0 Å². The second kappa shape index (κ2) is 4.96. The maximum Gasteiger partial charge on any atom is 0.102 e. The third-order valence-electron chi connectivity index (χ3n) is 3.98. The molecule has 2 N–H and O–H groups in total. The molecule has 0 bridgehead atoms. The molecular formula is C14H25N3. The van der Waals surface area contributed by atoms with Crippen molar-refractivity contribution in [3.8, 4) is 6.07 Å². The third kappa shape index (κ3) is 4.29. The van der Waals surface area contributed by atoms with E-state index in [4.69, 9.17) is 11.0 Å². The van der Waals surface area contributed by atoms with Crippen molar-refractivity contribution in [3.63, 3.8) is 0 Å². The molecule has 0 spiro atoms. The van der Waals surface area contributed by atoms with Gasteiger partial charge in [0, 0.05) is 19.1 Å². The fraction of sp³-hybridized carbons (Fsp3) is 0.929. The molecule has 2 atom stereocenters. The average Bonchev–Trinajstić information content (AvgIpc) is 3.10. The summed E-state index contributed by atoms with van der Waals surface area (Å²) in [5.41, 5.74) is 5.28. The highest BCUT2D eigenvalue weighted by atomic mass is 15.2. The van der Waals surface area contributed by atoms with Crippen molar-refractivity contribution in [2.75, 3.05) is 13.1 Å². The summed E-state index contributed by atoms with van der Waals surface area (Å²) >= 11 is 0. The Morgan fingerprint density at radius 1 is 1.29 bits per heavy atom. The summed E-state index contributed by atoms with van der Waals surface area (Å²) in [6.45, 7) is 6.52. The van der Waals surface area contributed by atoms with Crippen LogP contribution >= 0.6 is 0 Å². The molecule has 0 radical (unpaired) electrons. The summed E-state index contributed by atoms with van der Waals surface area (Å²) in [5.74, 6) is 1.84. The van der Waals surface area contributed by atoms with Crippen molar-refractivity contribution < 1.29 is 0 Å². The smallest absolute Gasteiger partial charge is 0.102 e. The monoisotopic (exact) mass is 235 g/mol. The molecule has 2 fully saturated rings. The lowest BCUT2D eigenvalue weighted by Gasteiger charge is -2.32. The first-order chi connectivity index (χ1) is 8.00. The zero-order chi connectivity index (χ0) is 12.5. The van der Waals surface area contributed by atoms with Gasteiger partial charge in [0.05, 0.1) is 6.07 Å². The molecule has 2 saturated carbocycles. The first kappa shape index (κ1) is 12.9. The van der Waals surface area contributed by atoms with Gasteiger partial charge in [-0.15, -0.1) is 0 Å². The molecule has 0 amide bonds. The molecule has 0 aromatic rings.